The number of likely N-dealkylation sites (tertiary alicyclic amines) is 1. The van der Waals surface area contributed by atoms with E-state index in [0.29, 0.717) is 0 Å². The van der Waals surface area contributed by atoms with Crippen LogP contribution in [0, 0.1) is 11.8 Å². The van der Waals surface area contributed by atoms with E-state index in [1.165, 1.54) is 58.2 Å². The van der Waals surface area contributed by atoms with Crippen LogP contribution < -0.4 is 5.32 Å². The molecule has 2 bridgehead atoms. The fourth-order valence-corrected chi connectivity index (χ4v) is 4.58. The lowest BCUT2D eigenvalue weighted by atomic mass is 9.93. The Morgan fingerprint density at radius 2 is 2.12 bits per heavy atom. The van der Waals surface area contributed by atoms with Crippen molar-refractivity contribution in [3.8, 4) is 0 Å². The predicted molar refractivity (Wildman–Crippen MR) is 72.1 cm³/mol. The van der Waals surface area contributed by atoms with Crippen LogP contribution in [0.5, 0.6) is 0 Å². The Labute approximate surface area is 106 Å². The maximum absolute atomic E-state index is 3.63. The van der Waals surface area contributed by atoms with Gasteiger partial charge in [-0.2, -0.15) is 0 Å². The number of hydrogen-bond acceptors (Lipinski definition) is 2. The third-order valence-corrected chi connectivity index (χ3v) is 5.36. The lowest BCUT2D eigenvalue weighted by Gasteiger charge is -2.36. The Balaban J connectivity index is 1.54. The average molecular weight is 236 g/mol. The zero-order chi connectivity index (χ0) is 11.7. The van der Waals surface area contributed by atoms with Gasteiger partial charge in [-0.15, -0.1) is 0 Å². The lowest BCUT2D eigenvalue weighted by Crippen LogP contribution is -2.46. The van der Waals surface area contributed by atoms with Crippen LogP contribution in [-0.2, 0) is 0 Å². The van der Waals surface area contributed by atoms with Gasteiger partial charge in [0.25, 0.3) is 0 Å². The van der Waals surface area contributed by atoms with Gasteiger partial charge < -0.3 is 5.32 Å². The molecule has 3 aliphatic rings. The highest BCUT2D eigenvalue weighted by Crippen LogP contribution is 2.47. The Morgan fingerprint density at radius 3 is 2.82 bits per heavy atom. The summed E-state index contributed by atoms with van der Waals surface area (Å²) in [6.07, 6.45) is 10.3. The fourth-order valence-electron chi connectivity index (χ4n) is 4.58. The van der Waals surface area contributed by atoms with E-state index in [0.717, 1.165) is 23.9 Å². The van der Waals surface area contributed by atoms with Crippen LogP contribution in [0.1, 0.15) is 51.9 Å². The molecule has 2 saturated carbocycles. The van der Waals surface area contributed by atoms with Gasteiger partial charge in [0.05, 0.1) is 0 Å². The largest absolute Gasteiger partial charge is 0.315 e. The number of nitrogens with zero attached hydrogens (tertiary/aromatic N) is 1. The van der Waals surface area contributed by atoms with Crippen molar-refractivity contribution in [2.45, 2.75) is 64.0 Å². The van der Waals surface area contributed by atoms with Crippen LogP contribution in [0.15, 0.2) is 0 Å². The molecule has 17 heavy (non-hydrogen) atoms. The highest BCUT2D eigenvalue weighted by atomic mass is 15.2. The monoisotopic (exact) mass is 236 g/mol. The van der Waals surface area contributed by atoms with Crippen molar-refractivity contribution >= 4 is 0 Å². The van der Waals surface area contributed by atoms with E-state index in [2.05, 4.69) is 17.1 Å². The van der Waals surface area contributed by atoms with E-state index in [-0.39, 0.29) is 0 Å². The zero-order valence-corrected chi connectivity index (χ0v) is 11.3. The second kappa shape index (κ2) is 5.27. The first-order valence-electron chi connectivity index (χ1n) is 7.85. The second-order valence-corrected chi connectivity index (χ2v) is 6.48. The molecule has 1 heterocycles. The molecule has 0 amide bonds. The minimum atomic E-state index is 0.853. The van der Waals surface area contributed by atoms with Crippen molar-refractivity contribution in [1.82, 2.24) is 10.2 Å². The van der Waals surface area contributed by atoms with Crippen molar-refractivity contribution in [3.63, 3.8) is 0 Å². The van der Waals surface area contributed by atoms with Crippen LogP contribution in [0.2, 0.25) is 0 Å². The maximum Gasteiger partial charge on any atom is 0.0224 e. The number of nitrogens with one attached hydrogen (secondary N) is 1. The molecule has 98 valence electrons. The standard InChI is InChI=1S/C15H28N2/c1-2-7-16-11-14-4-3-8-17(14)15-10-12-5-6-13(15)9-12/h12-16H,2-11H2,1H3. The lowest BCUT2D eigenvalue weighted by molar-refractivity contribution is 0.127. The first-order chi connectivity index (χ1) is 8.38. The molecular weight excluding hydrogens is 208 g/mol. The highest BCUT2D eigenvalue weighted by Gasteiger charge is 2.44. The van der Waals surface area contributed by atoms with Crippen molar-refractivity contribution in [2.24, 2.45) is 11.8 Å². The number of hydrogen-bond donors (Lipinski definition) is 1. The summed E-state index contributed by atoms with van der Waals surface area (Å²) in [5.74, 6) is 2.15. The smallest absolute Gasteiger partial charge is 0.0224 e. The molecule has 1 saturated heterocycles. The molecule has 2 aliphatic carbocycles. The van der Waals surface area contributed by atoms with Crippen LogP contribution in [-0.4, -0.2) is 36.6 Å². The Kier molecular flexibility index (Phi) is 3.72. The van der Waals surface area contributed by atoms with Gasteiger partial charge in [0, 0.05) is 18.6 Å². The van der Waals surface area contributed by atoms with Crippen molar-refractivity contribution in [2.75, 3.05) is 19.6 Å². The van der Waals surface area contributed by atoms with Crippen LogP contribution in [0.4, 0.5) is 0 Å². The van der Waals surface area contributed by atoms with Gasteiger partial charge in [-0.25, -0.2) is 0 Å². The molecule has 3 rings (SSSR count). The maximum atomic E-state index is 3.63. The molecule has 0 radical (unpaired) electrons. The Hall–Kier alpha value is -0.0800. The van der Waals surface area contributed by atoms with Crippen LogP contribution in [0.3, 0.4) is 0 Å². The molecule has 4 atom stereocenters. The average Bonchev–Trinajstić information content (AvgIpc) is 3.04. The molecular formula is C15H28N2. The second-order valence-electron chi connectivity index (χ2n) is 6.48. The first kappa shape index (κ1) is 12.0. The Bertz CT molecular complexity index is 253. The summed E-state index contributed by atoms with van der Waals surface area (Å²) < 4.78 is 0. The van der Waals surface area contributed by atoms with Gasteiger partial charge in [-0.3, -0.25) is 4.90 Å². The minimum Gasteiger partial charge on any atom is -0.315 e. The van der Waals surface area contributed by atoms with Crippen molar-refractivity contribution < 1.29 is 0 Å². The molecule has 4 unspecified atom stereocenters. The fraction of sp³-hybridized carbons (Fsp3) is 1.00. The van der Waals surface area contributed by atoms with Gasteiger partial charge in [0.2, 0.25) is 0 Å². The molecule has 0 aromatic rings. The van der Waals surface area contributed by atoms with Crippen molar-refractivity contribution in [3.05, 3.63) is 0 Å². The van der Waals surface area contributed by atoms with Gasteiger partial charge >= 0.3 is 0 Å². The third-order valence-electron chi connectivity index (χ3n) is 5.36. The third kappa shape index (κ3) is 2.39. The SMILES string of the molecule is CCCNCC1CCCN1C1CC2CCC1C2. The molecule has 1 N–H and O–H groups in total. The van der Waals surface area contributed by atoms with Crippen LogP contribution in [0.25, 0.3) is 0 Å². The van der Waals surface area contributed by atoms with E-state index in [9.17, 15) is 0 Å². The van der Waals surface area contributed by atoms with E-state index < -0.39 is 0 Å². The number of fused-ring (bicyclic) bond motifs is 2. The quantitative estimate of drug-likeness (QED) is 0.738. The molecule has 1 aliphatic heterocycles. The van der Waals surface area contributed by atoms with Crippen molar-refractivity contribution in [1.29, 1.82) is 0 Å². The summed E-state index contributed by atoms with van der Waals surface area (Å²) in [7, 11) is 0. The zero-order valence-electron chi connectivity index (χ0n) is 11.3. The van der Waals surface area contributed by atoms with E-state index in [1.54, 1.807) is 6.42 Å². The van der Waals surface area contributed by atoms with E-state index in [4.69, 9.17) is 0 Å². The topological polar surface area (TPSA) is 15.3 Å². The predicted octanol–water partition coefficient (Wildman–Crippen LogP) is 2.64. The van der Waals surface area contributed by atoms with E-state index >= 15 is 0 Å². The summed E-state index contributed by atoms with van der Waals surface area (Å²) in [6.45, 7) is 6.07. The first-order valence-corrected chi connectivity index (χ1v) is 7.85. The van der Waals surface area contributed by atoms with Crippen LogP contribution >= 0.6 is 0 Å². The molecule has 0 aromatic heterocycles. The van der Waals surface area contributed by atoms with Gasteiger partial charge in [0.15, 0.2) is 0 Å². The molecule has 0 aromatic carbocycles. The summed E-state index contributed by atoms with van der Waals surface area (Å²) >= 11 is 0. The number of rotatable bonds is 5. The summed E-state index contributed by atoms with van der Waals surface area (Å²) in [4.78, 5) is 2.88. The molecule has 2 nitrogen and oxygen atoms in total. The molecule has 3 fully saturated rings. The molecule has 0 spiro atoms. The minimum absolute atomic E-state index is 0.853. The normalized spacial score (nSPS) is 41.5. The molecule has 2 heteroatoms. The highest BCUT2D eigenvalue weighted by molar-refractivity contribution is 4.98. The summed E-state index contributed by atoms with van der Waals surface area (Å²) in [5, 5.41) is 3.63. The van der Waals surface area contributed by atoms with Gasteiger partial charge in [-0.05, 0) is 63.5 Å². The summed E-state index contributed by atoms with van der Waals surface area (Å²) in [6, 6.07) is 1.82. The van der Waals surface area contributed by atoms with Gasteiger partial charge in [0.1, 0.15) is 0 Å². The van der Waals surface area contributed by atoms with Gasteiger partial charge in [-0.1, -0.05) is 13.3 Å². The summed E-state index contributed by atoms with van der Waals surface area (Å²) in [5.41, 5.74) is 0. The van der Waals surface area contributed by atoms with E-state index in [1.807, 2.05) is 0 Å². The Morgan fingerprint density at radius 1 is 1.18 bits per heavy atom.